The van der Waals surface area contributed by atoms with Crippen molar-refractivity contribution in [2.24, 2.45) is 0 Å². The fourth-order valence-electron chi connectivity index (χ4n) is 2.78. The van der Waals surface area contributed by atoms with Crippen LogP contribution in [0.1, 0.15) is 16.1 Å². The molecule has 0 saturated carbocycles. The van der Waals surface area contributed by atoms with Gasteiger partial charge in [0.25, 0.3) is 5.91 Å². The Morgan fingerprint density at radius 3 is 2.45 bits per heavy atom. The molecule has 31 heavy (non-hydrogen) atoms. The second kappa shape index (κ2) is 7.90. The van der Waals surface area contributed by atoms with E-state index < -0.39 is 23.7 Å². The van der Waals surface area contributed by atoms with Gasteiger partial charge >= 0.3 is 6.18 Å². The van der Waals surface area contributed by atoms with Crippen molar-refractivity contribution < 1.29 is 22.7 Å². The Bertz CT molecular complexity index is 1260. The van der Waals surface area contributed by atoms with E-state index in [1.54, 1.807) is 42.6 Å². The molecule has 0 unspecified atom stereocenters. The fourth-order valence-corrected chi connectivity index (χ4v) is 2.78. The molecule has 156 valence electrons. The summed E-state index contributed by atoms with van der Waals surface area (Å²) in [7, 11) is 0. The molecule has 10 heteroatoms. The first kappa shape index (κ1) is 20.1. The molecule has 0 radical (unpaired) electrons. The molecule has 0 aliphatic carbocycles. The summed E-state index contributed by atoms with van der Waals surface area (Å²) in [6.45, 7) is 0. The van der Waals surface area contributed by atoms with Gasteiger partial charge in [0.15, 0.2) is 0 Å². The molecule has 4 aromatic rings. The molecular formula is C21H14F3N5O2. The minimum absolute atomic E-state index is 0.192. The van der Waals surface area contributed by atoms with Crippen LogP contribution in [0.5, 0.6) is 11.5 Å². The largest absolute Gasteiger partial charge is 0.457 e. The molecule has 7 nitrogen and oxygen atoms in total. The molecule has 0 fully saturated rings. The summed E-state index contributed by atoms with van der Waals surface area (Å²) < 4.78 is 44.1. The van der Waals surface area contributed by atoms with Gasteiger partial charge in [-0.05, 0) is 54.6 Å². The maximum Gasteiger partial charge on any atom is 0.433 e. The Kier molecular flexibility index (Phi) is 5.12. The topological polar surface area (TPSA) is 103 Å². The second-order valence-corrected chi connectivity index (χ2v) is 6.43. The Labute approximate surface area is 173 Å². The number of carbonyl (C=O) groups excluding carboxylic acids is 1. The molecule has 2 aromatic carbocycles. The number of nitrogens with zero attached hydrogens (tertiary/aromatic N) is 3. The molecule has 4 rings (SSSR count). The van der Waals surface area contributed by atoms with Crippen molar-refractivity contribution in [3.8, 4) is 11.5 Å². The molecule has 3 N–H and O–H groups in total. The zero-order chi connectivity index (χ0) is 22.0. The van der Waals surface area contributed by atoms with Crippen LogP contribution in [0, 0.1) is 0 Å². The normalized spacial score (nSPS) is 11.3. The van der Waals surface area contributed by atoms with Crippen molar-refractivity contribution in [2.75, 3.05) is 11.1 Å². The first-order valence-electron chi connectivity index (χ1n) is 8.93. The number of nitrogens with two attached hydrogens (primary N) is 1. The molecule has 0 aliphatic heterocycles. The quantitative estimate of drug-likeness (QED) is 0.461. The molecule has 0 aliphatic rings. The van der Waals surface area contributed by atoms with E-state index in [9.17, 15) is 18.0 Å². The van der Waals surface area contributed by atoms with Crippen molar-refractivity contribution in [2.45, 2.75) is 6.18 Å². The minimum atomic E-state index is -4.64. The average Bonchev–Trinajstić information content (AvgIpc) is 2.74. The van der Waals surface area contributed by atoms with Gasteiger partial charge in [-0.2, -0.15) is 13.2 Å². The number of alkyl halides is 3. The Morgan fingerprint density at radius 2 is 1.71 bits per heavy atom. The number of nitrogen functional groups attached to an aromatic ring is 1. The molecule has 2 heterocycles. The van der Waals surface area contributed by atoms with E-state index in [0.29, 0.717) is 22.7 Å². The summed E-state index contributed by atoms with van der Waals surface area (Å²) in [5.74, 6) is -0.123. The summed E-state index contributed by atoms with van der Waals surface area (Å²) in [6.07, 6.45) is -2.11. The number of rotatable bonds is 4. The summed E-state index contributed by atoms with van der Waals surface area (Å²) in [6, 6.07) is 13.7. The highest BCUT2D eigenvalue weighted by molar-refractivity contribution is 6.03. The number of benzene rings is 2. The predicted octanol–water partition coefficient (Wildman–Crippen LogP) is 4.67. The van der Waals surface area contributed by atoms with Gasteiger partial charge in [0, 0.05) is 29.0 Å². The van der Waals surface area contributed by atoms with E-state index >= 15 is 0 Å². The van der Waals surface area contributed by atoms with Crippen molar-refractivity contribution in [1.29, 1.82) is 0 Å². The fraction of sp³-hybridized carbons (Fsp3) is 0.0476. The monoisotopic (exact) mass is 425 g/mol. The summed E-state index contributed by atoms with van der Waals surface area (Å²) >= 11 is 0. The van der Waals surface area contributed by atoms with E-state index in [1.165, 1.54) is 12.1 Å². The lowest BCUT2D eigenvalue weighted by Crippen LogP contribution is -2.16. The van der Waals surface area contributed by atoms with E-state index in [-0.39, 0.29) is 5.56 Å². The van der Waals surface area contributed by atoms with Crippen molar-refractivity contribution >= 4 is 28.4 Å². The third-order valence-corrected chi connectivity index (χ3v) is 4.24. The van der Waals surface area contributed by atoms with Crippen LogP contribution in [-0.2, 0) is 6.18 Å². The SMILES string of the molecule is Nc1ccc2nccc(Oc3ccc(C(=O)Nc4nccc(C(F)(F)F)n4)cc3)c2c1. The van der Waals surface area contributed by atoms with Gasteiger partial charge in [0.1, 0.15) is 17.2 Å². The number of nitrogens with one attached hydrogen (secondary N) is 1. The summed E-state index contributed by atoms with van der Waals surface area (Å²) in [5, 5.41) is 2.97. The molecule has 1 amide bonds. The van der Waals surface area contributed by atoms with Gasteiger partial charge in [0.05, 0.1) is 5.52 Å². The standard InChI is InChI=1S/C21H14F3N5O2/c22-21(23,24)18-8-10-27-20(28-18)29-19(30)12-1-4-14(5-2-12)31-17-7-9-26-16-6-3-13(25)11-15(16)17/h1-11H,25H2,(H,27,28,29,30). The maximum absolute atomic E-state index is 12.7. The van der Waals surface area contributed by atoms with Gasteiger partial charge in [0.2, 0.25) is 5.95 Å². The minimum Gasteiger partial charge on any atom is -0.457 e. The number of halogens is 3. The van der Waals surface area contributed by atoms with Crippen LogP contribution in [0.2, 0.25) is 0 Å². The van der Waals surface area contributed by atoms with Crippen LogP contribution in [0.15, 0.2) is 67.0 Å². The van der Waals surface area contributed by atoms with E-state index in [2.05, 4.69) is 20.3 Å². The number of amides is 1. The van der Waals surface area contributed by atoms with E-state index in [1.807, 2.05) is 0 Å². The number of anilines is 2. The second-order valence-electron chi connectivity index (χ2n) is 6.43. The average molecular weight is 425 g/mol. The molecule has 2 aromatic heterocycles. The summed E-state index contributed by atoms with van der Waals surface area (Å²) in [5.41, 5.74) is 6.16. The van der Waals surface area contributed by atoms with Crippen LogP contribution in [0.4, 0.5) is 24.8 Å². The van der Waals surface area contributed by atoms with Crippen LogP contribution in [-0.4, -0.2) is 20.9 Å². The highest BCUT2D eigenvalue weighted by Gasteiger charge is 2.32. The number of ether oxygens (including phenoxy) is 1. The molecule has 0 bridgehead atoms. The lowest BCUT2D eigenvalue weighted by Gasteiger charge is -2.10. The number of pyridine rings is 1. The Morgan fingerprint density at radius 1 is 0.968 bits per heavy atom. The number of hydrogen-bond acceptors (Lipinski definition) is 6. The van der Waals surface area contributed by atoms with Gasteiger partial charge in [-0.1, -0.05) is 0 Å². The number of aromatic nitrogens is 3. The van der Waals surface area contributed by atoms with E-state index in [4.69, 9.17) is 10.5 Å². The first-order valence-corrected chi connectivity index (χ1v) is 8.93. The van der Waals surface area contributed by atoms with Crippen LogP contribution < -0.4 is 15.8 Å². The smallest absolute Gasteiger partial charge is 0.433 e. The number of fused-ring (bicyclic) bond motifs is 1. The van der Waals surface area contributed by atoms with Crippen LogP contribution in [0.25, 0.3) is 10.9 Å². The Balaban J connectivity index is 1.50. The van der Waals surface area contributed by atoms with Crippen molar-refractivity contribution in [3.05, 3.63) is 78.2 Å². The van der Waals surface area contributed by atoms with Gasteiger partial charge in [-0.15, -0.1) is 0 Å². The van der Waals surface area contributed by atoms with Crippen molar-refractivity contribution in [3.63, 3.8) is 0 Å². The zero-order valence-electron chi connectivity index (χ0n) is 15.7. The highest BCUT2D eigenvalue weighted by atomic mass is 19.4. The third kappa shape index (κ3) is 4.53. The molecular weight excluding hydrogens is 411 g/mol. The van der Waals surface area contributed by atoms with Crippen LogP contribution in [0.3, 0.4) is 0 Å². The lowest BCUT2D eigenvalue weighted by molar-refractivity contribution is -0.141. The summed E-state index contributed by atoms with van der Waals surface area (Å²) in [4.78, 5) is 23.5. The van der Waals surface area contributed by atoms with Crippen LogP contribution >= 0.6 is 0 Å². The molecule has 0 atom stereocenters. The third-order valence-electron chi connectivity index (χ3n) is 4.24. The number of carbonyl (C=O) groups is 1. The van der Waals surface area contributed by atoms with E-state index in [0.717, 1.165) is 17.6 Å². The lowest BCUT2D eigenvalue weighted by atomic mass is 10.2. The van der Waals surface area contributed by atoms with Crippen molar-refractivity contribution in [1.82, 2.24) is 15.0 Å². The van der Waals surface area contributed by atoms with Gasteiger partial charge in [-0.25, -0.2) is 9.97 Å². The maximum atomic E-state index is 12.7. The predicted molar refractivity (Wildman–Crippen MR) is 108 cm³/mol. The Hall–Kier alpha value is -4.21. The number of hydrogen-bond donors (Lipinski definition) is 2. The van der Waals surface area contributed by atoms with Gasteiger partial charge < -0.3 is 10.5 Å². The zero-order valence-corrected chi connectivity index (χ0v) is 15.7. The molecule has 0 saturated heterocycles. The van der Waals surface area contributed by atoms with Gasteiger partial charge in [-0.3, -0.25) is 15.1 Å². The molecule has 0 spiro atoms. The first-order chi connectivity index (χ1) is 14.8. The highest BCUT2D eigenvalue weighted by Crippen LogP contribution is 2.30.